The molecule has 4 heteroatoms. The molecule has 1 aromatic carbocycles. The Labute approximate surface area is 238 Å². The van der Waals surface area contributed by atoms with Gasteiger partial charge in [-0.05, 0) is 0 Å². The van der Waals surface area contributed by atoms with Crippen LogP contribution in [0.1, 0.15) is 175 Å². The van der Waals surface area contributed by atoms with Crippen molar-refractivity contribution in [1.29, 1.82) is 0 Å². The molecule has 224 valence electrons. The number of rotatable bonds is 23. The van der Waals surface area contributed by atoms with Gasteiger partial charge in [0.2, 0.25) is 0 Å². The second-order valence-corrected chi connectivity index (χ2v) is 15.3. The van der Waals surface area contributed by atoms with E-state index in [1.807, 2.05) is 6.07 Å². The summed E-state index contributed by atoms with van der Waals surface area (Å²) in [5, 5.41) is 0. The molecule has 0 aromatic heterocycles. The van der Waals surface area contributed by atoms with Crippen LogP contribution in [0.5, 0.6) is 5.75 Å². The van der Waals surface area contributed by atoms with Crippen LogP contribution in [0.4, 0.5) is 0 Å². The Bertz CT molecular complexity index is 741. The summed E-state index contributed by atoms with van der Waals surface area (Å²) in [5.41, 5.74) is 2.36. The van der Waals surface area contributed by atoms with E-state index in [1.54, 1.807) is 0 Å². The molecule has 0 unspecified atom stereocenters. The van der Waals surface area contributed by atoms with Gasteiger partial charge in [0, 0.05) is 0 Å². The van der Waals surface area contributed by atoms with Crippen molar-refractivity contribution in [2.75, 3.05) is 6.16 Å². The van der Waals surface area contributed by atoms with Gasteiger partial charge in [-0.15, -0.1) is 0 Å². The predicted octanol–water partition coefficient (Wildman–Crippen LogP) is 11.2. The first-order valence-electron chi connectivity index (χ1n) is 16.3. The predicted molar refractivity (Wildman–Crippen MR) is 171 cm³/mol. The minimum absolute atomic E-state index is 0.0810. The Morgan fingerprint density at radius 3 is 1.45 bits per heavy atom. The molecule has 1 aromatic rings. The Balaban J connectivity index is 2.32. The average molecular weight is 553 g/mol. The van der Waals surface area contributed by atoms with Crippen molar-refractivity contribution in [2.24, 2.45) is 0 Å². The molecule has 2 N–H and O–H groups in total. The van der Waals surface area contributed by atoms with Crippen molar-refractivity contribution in [2.45, 2.75) is 175 Å². The molecular weight excluding hydrogens is 487 g/mol. The van der Waals surface area contributed by atoms with E-state index in [9.17, 15) is 9.79 Å². The standard InChI is InChI=1S/C34H65O3P/c1-8-11-12-13-14-15-16-17-18-19-20-21-22-23-24-25-28-38(35,36)37-32-27-26-30(33(4,5)9-2)29-31(32)34(6,7)10-3/h26-27,29,35-36,38H,8-25,28H2,1-7H3. The van der Waals surface area contributed by atoms with Crippen LogP contribution in [0.15, 0.2) is 18.2 Å². The molecule has 0 saturated carbocycles. The zero-order chi connectivity index (χ0) is 28.5. The molecule has 0 atom stereocenters. The molecule has 38 heavy (non-hydrogen) atoms. The maximum atomic E-state index is 10.8. The zero-order valence-electron chi connectivity index (χ0n) is 26.5. The first-order valence-corrected chi connectivity index (χ1v) is 18.3. The Hall–Kier alpha value is -0.630. The third kappa shape index (κ3) is 14.1. The SMILES string of the molecule is CCCCCCCCCCCCCCCCCC[PH](O)(O)Oc1ccc(C(C)(C)CC)cc1C(C)(C)CC. The van der Waals surface area contributed by atoms with E-state index >= 15 is 0 Å². The molecule has 3 nitrogen and oxygen atoms in total. The Kier molecular flexibility index (Phi) is 17.4. The topological polar surface area (TPSA) is 49.7 Å². The number of hydrogen-bond donors (Lipinski definition) is 2. The molecule has 0 fully saturated rings. The molecule has 0 bridgehead atoms. The maximum absolute atomic E-state index is 10.8. The van der Waals surface area contributed by atoms with Crippen LogP contribution in [0.25, 0.3) is 0 Å². The van der Waals surface area contributed by atoms with Gasteiger partial charge in [-0.25, -0.2) is 0 Å². The first kappa shape index (κ1) is 35.4. The molecule has 0 aliphatic rings. The summed E-state index contributed by atoms with van der Waals surface area (Å²) in [4.78, 5) is 21.6. The van der Waals surface area contributed by atoms with Gasteiger partial charge >= 0.3 is 199 Å². The third-order valence-corrected chi connectivity index (χ3v) is 10.4. The third-order valence-electron chi connectivity index (χ3n) is 8.89. The summed E-state index contributed by atoms with van der Waals surface area (Å²) in [6.07, 6.45) is 23.4. The van der Waals surface area contributed by atoms with Crippen LogP contribution in [0, 0.1) is 0 Å². The van der Waals surface area contributed by atoms with Gasteiger partial charge in [0.1, 0.15) is 0 Å². The van der Waals surface area contributed by atoms with E-state index in [1.165, 1.54) is 95.5 Å². The van der Waals surface area contributed by atoms with E-state index in [2.05, 4.69) is 60.6 Å². The van der Waals surface area contributed by atoms with Crippen molar-refractivity contribution in [1.82, 2.24) is 0 Å². The minimum atomic E-state index is -3.75. The van der Waals surface area contributed by atoms with Crippen LogP contribution >= 0.6 is 7.94 Å². The number of benzene rings is 1. The molecule has 0 aliphatic carbocycles. The van der Waals surface area contributed by atoms with Gasteiger partial charge in [0.05, 0.1) is 0 Å². The summed E-state index contributed by atoms with van der Waals surface area (Å²) in [5.74, 6) is 0.653. The average Bonchev–Trinajstić information content (AvgIpc) is 2.88. The number of hydrogen-bond acceptors (Lipinski definition) is 3. The van der Waals surface area contributed by atoms with Crippen molar-refractivity contribution in [3.63, 3.8) is 0 Å². The second kappa shape index (κ2) is 18.7. The number of unbranched alkanes of at least 4 members (excludes halogenated alkanes) is 15. The van der Waals surface area contributed by atoms with Gasteiger partial charge in [0.15, 0.2) is 0 Å². The quantitative estimate of drug-likeness (QED) is 0.105. The summed E-state index contributed by atoms with van der Waals surface area (Å²) in [6.45, 7) is 15.6. The van der Waals surface area contributed by atoms with Gasteiger partial charge in [-0.1, -0.05) is 39.0 Å². The van der Waals surface area contributed by atoms with Crippen LogP contribution in [0.2, 0.25) is 0 Å². The zero-order valence-corrected chi connectivity index (χ0v) is 27.5. The summed E-state index contributed by atoms with van der Waals surface area (Å²) in [6, 6.07) is 6.32. The molecule has 0 radical (unpaired) electrons. The van der Waals surface area contributed by atoms with E-state index in [0.717, 1.165) is 31.2 Å². The van der Waals surface area contributed by atoms with E-state index in [4.69, 9.17) is 4.52 Å². The monoisotopic (exact) mass is 552 g/mol. The van der Waals surface area contributed by atoms with Crippen molar-refractivity contribution in [3.05, 3.63) is 29.3 Å². The second-order valence-electron chi connectivity index (χ2n) is 13.1. The summed E-state index contributed by atoms with van der Waals surface area (Å²) >= 11 is 0. The van der Waals surface area contributed by atoms with E-state index in [-0.39, 0.29) is 10.8 Å². The van der Waals surface area contributed by atoms with Crippen LogP contribution < -0.4 is 4.52 Å². The molecule has 0 heterocycles. The van der Waals surface area contributed by atoms with Crippen molar-refractivity contribution < 1.29 is 14.3 Å². The fourth-order valence-electron chi connectivity index (χ4n) is 5.09. The molecular formula is C34H65O3P. The van der Waals surface area contributed by atoms with Gasteiger partial charge < -0.3 is 0 Å². The Morgan fingerprint density at radius 1 is 0.605 bits per heavy atom. The van der Waals surface area contributed by atoms with Gasteiger partial charge in [-0.2, -0.15) is 0 Å². The van der Waals surface area contributed by atoms with Crippen LogP contribution in [-0.4, -0.2) is 15.9 Å². The van der Waals surface area contributed by atoms with Gasteiger partial charge in [0.25, 0.3) is 0 Å². The summed E-state index contributed by atoms with van der Waals surface area (Å²) in [7, 11) is -3.75. The fraction of sp³-hybridized carbons (Fsp3) is 0.824. The molecule has 1 rings (SSSR count). The van der Waals surface area contributed by atoms with Crippen molar-refractivity contribution >= 4 is 7.94 Å². The summed E-state index contributed by atoms with van der Waals surface area (Å²) < 4.78 is 6.00. The van der Waals surface area contributed by atoms with Crippen molar-refractivity contribution in [3.8, 4) is 5.75 Å². The van der Waals surface area contributed by atoms with E-state index in [0.29, 0.717) is 11.9 Å². The Morgan fingerprint density at radius 2 is 1.03 bits per heavy atom. The van der Waals surface area contributed by atoms with Crippen LogP contribution in [-0.2, 0) is 10.8 Å². The molecule has 0 spiro atoms. The van der Waals surface area contributed by atoms with Crippen LogP contribution in [0.3, 0.4) is 0 Å². The molecule has 0 amide bonds. The fourth-order valence-corrected chi connectivity index (χ4v) is 6.44. The van der Waals surface area contributed by atoms with Gasteiger partial charge in [-0.3, -0.25) is 0 Å². The first-order chi connectivity index (χ1) is 18.0. The molecule has 0 saturated heterocycles. The van der Waals surface area contributed by atoms with E-state index < -0.39 is 7.94 Å². The molecule has 0 aliphatic heterocycles. The normalized spacial score (nSPS) is 13.2.